The van der Waals surface area contributed by atoms with E-state index in [0.29, 0.717) is 23.7 Å². The lowest BCUT2D eigenvalue weighted by molar-refractivity contribution is -0.137. The standard InChI is InChI=1S/C19H21N3O5/c23-18(24)13-22-9-11-27-16-12-14(5-6-15(16)19(22)25)26-10-3-8-21-17-4-1-2-7-20-17/h1-2,4-7,12H,3,8-11,13H2,(H,20,21)(H,23,24). The highest BCUT2D eigenvalue weighted by atomic mass is 16.5. The monoisotopic (exact) mass is 371 g/mol. The Hall–Kier alpha value is -3.29. The molecule has 2 aromatic rings. The second-order valence-corrected chi connectivity index (χ2v) is 5.97. The summed E-state index contributed by atoms with van der Waals surface area (Å²) in [5, 5.41) is 12.1. The SMILES string of the molecule is O=C(O)CN1CCOc2cc(OCCCNc3ccccn3)ccc2C1=O. The third-order valence-electron chi connectivity index (χ3n) is 3.98. The lowest BCUT2D eigenvalue weighted by Crippen LogP contribution is -2.36. The summed E-state index contributed by atoms with van der Waals surface area (Å²) >= 11 is 0. The van der Waals surface area contributed by atoms with Crippen molar-refractivity contribution < 1.29 is 24.2 Å². The van der Waals surface area contributed by atoms with Crippen LogP contribution in [0.4, 0.5) is 5.82 Å². The van der Waals surface area contributed by atoms with E-state index in [1.165, 1.54) is 4.90 Å². The topological polar surface area (TPSA) is 101 Å². The van der Waals surface area contributed by atoms with Crippen molar-refractivity contribution in [3.8, 4) is 11.5 Å². The fourth-order valence-corrected chi connectivity index (χ4v) is 2.69. The molecule has 2 heterocycles. The van der Waals surface area contributed by atoms with Gasteiger partial charge >= 0.3 is 5.97 Å². The molecular formula is C19H21N3O5. The fraction of sp³-hybridized carbons (Fsp3) is 0.316. The van der Waals surface area contributed by atoms with Crippen molar-refractivity contribution in [2.24, 2.45) is 0 Å². The molecule has 1 aliphatic rings. The molecule has 0 atom stereocenters. The highest BCUT2D eigenvalue weighted by molar-refractivity contribution is 5.98. The number of ether oxygens (including phenoxy) is 2. The Bertz CT molecular complexity index is 797. The van der Waals surface area contributed by atoms with E-state index >= 15 is 0 Å². The third kappa shape index (κ3) is 5.10. The van der Waals surface area contributed by atoms with Crippen molar-refractivity contribution in [3.05, 3.63) is 48.2 Å². The zero-order valence-electron chi connectivity index (χ0n) is 14.8. The molecule has 0 saturated heterocycles. The number of anilines is 1. The summed E-state index contributed by atoms with van der Waals surface area (Å²) in [7, 11) is 0. The molecule has 142 valence electrons. The lowest BCUT2D eigenvalue weighted by Gasteiger charge is -2.17. The molecule has 0 saturated carbocycles. The minimum absolute atomic E-state index is 0.231. The molecule has 3 rings (SSSR count). The van der Waals surface area contributed by atoms with Crippen LogP contribution in [-0.4, -0.2) is 59.7 Å². The predicted molar refractivity (Wildman–Crippen MR) is 98.3 cm³/mol. The van der Waals surface area contributed by atoms with Crippen LogP contribution in [0, 0.1) is 0 Å². The number of fused-ring (bicyclic) bond motifs is 1. The number of carbonyl (C=O) groups is 2. The summed E-state index contributed by atoms with van der Waals surface area (Å²) in [6.07, 6.45) is 2.51. The Morgan fingerprint density at radius 2 is 2.22 bits per heavy atom. The van der Waals surface area contributed by atoms with Gasteiger partial charge in [-0.3, -0.25) is 9.59 Å². The zero-order valence-corrected chi connectivity index (χ0v) is 14.8. The van der Waals surface area contributed by atoms with Gasteiger partial charge in [0, 0.05) is 18.8 Å². The highest BCUT2D eigenvalue weighted by Gasteiger charge is 2.25. The summed E-state index contributed by atoms with van der Waals surface area (Å²) in [5.41, 5.74) is 0.345. The van der Waals surface area contributed by atoms with E-state index in [1.807, 2.05) is 18.2 Å². The Morgan fingerprint density at radius 3 is 3.00 bits per heavy atom. The van der Waals surface area contributed by atoms with E-state index in [0.717, 1.165) is 18.8 Å². The minimum Gasteiger partial charge on any atom is -0.493 e. The normalized spacial score (nSPS) is 13.3. The number of rotatable bonds is 8. The van der Waals surface area contributed by atoms with Gasteiger partial charge < -0.3 is 24.8 Å². The van der Waals surface area contributed by atoms with Crippen LogP contribution in [0.5, 0.6) is 11.5 Å². The average Bonchev–Trinajstić information content (AvgIpc) is 2.81. The first kappa shape index (κ1) is 18.5. The molecule has 1 aromatic heterocycles. The zero-order chi connectivity index (χ0) is 19.1. The van der Waals surface area contributed by atoms with Crippen LogP contribution in [-0.2, 0) is 4.79 Å². The number of pyridine rings is 1. The number of amides is 1. The van der Waals surface area contributed by atoms with Crippen molar-refractivity contribution in [1.82, 2.24) is 9.88 Å². The molecule has 1 amide bonds. The number of carbonyl (C=O) groups excluding carboxylic acids is 1. The molecule has 2 N–H and O–H groups in total. The maximum atomic E-state index is 12.4. The number of hydrogen-bond acceptors (Lipinski definition) is 6. The molecule has 8 nitrogen and oxygen atoms in total. The fourth-order valence-electron chi connectivity index (χ4n) is 2.69. The van der Waals surface area contributed by atoms with E-state index in [4.69, 9.17) is 14.6 Å². The number of nitrogens with one attached hydrogen (secondary N) is 1. The highest BCUT2D eigenvalue weighted by Crippen LogP contribution is 2.28. The van der Waals surface area contributed by atoms with Crippen LogP contribution in [0.1, 0.15) is 16.8 Å². The maximum absolute atomic E-state index is 12.4. The number of aromatic nitrogens is 1. The summed E-state index contributed by atoms with van der Waals surface area (Å²) < 4.78 is 11.3. The number of aliphatic carboxylic acids is 1. The second kappa shape index (κ2) is 8.88. The molecule has 0 spiro atoms. The van der Waals surface area contributed by atoms with Crippen LogP contribution in [0.25, 0.3) is 0 Å². The van der Waals surface area contributed by atoms with Gasteiger partial charge in [0.1, 0.15) is 30.5 Å². The van der Waals surface area contributed by atoms with Crippen LogP contribution < -0.4 is 14.8 Å². The molecular weight excluding hydrogens is 350 g/mol. The number of benzene rings is 1. The smallest absolute Gasteiger partial charge is 0.323 e. The first-order valence-electron chi connectivity index (χ1n) is 8.69. The predicted octanol–water partition coefficient (Wildman–Crippen LogP) is 1.88. The van der Waals surface area contributed by atoms with Gasteiger partial charge in [-0.25, -0.2) is 4.98 Å². The molecule has 0 bridgehead atoms. The van der Waals surface area contributed by atoms with E-state index < -0.39 is 5.97 Å². The number of hydrogen-bond donors (Lipinski definition) is 2. The summed E-state index contributed by atoms with van der Waals surface area (Å²) in [6, 6.07) is 10.6. The third-order valence-corrected chi connectivity index (χ3v) is 3.98. The second-order valence-electron chi connectivity index (χ2n) is 5.97. The van der Waals surface area contributed by atoms with Gasteiger partial charge in [-0.15, -0.1) is 0 Å². The minimum atomic E-state index is -1.05. The lowest BCUT2D eigenvalue weighted by atomic mass is 10.1. The van der Waals surface area contributed by atoms with Crippen molar-refractivity contribution in [2.75, 3.05) is 38.2 Å². The number of nitrogens with zero attached hydrogens (tertiary/aromatic N) is 2. The molecule has 1 aromatic carbocycles. The van der Waals surface area contributed by atoms with E-state index in [2.05, 4.69) is 10.3 Å². The van der Waals surface area contributed by atoms with Gasteiger partial charge in [0.25, 0.3) is 5.91 Å². The first-order chi connectivity index (χ1) is 13.1. The van der Waals surface area contributed by atoms with Gasteiger partial charge in [-0.2, -0.15) is 0 Å². The van der Waals surface area contributed by atoms with Crippen LogP contribution in [0.15, 0.2) is 42.6 Å². The van der Waals surface area contributed by atoms with Crippen LogP contribution in [0.2, 0.25) is 0 Å². The molecule has 0 aliphatic carbocycles. The van der Waals surface area contributed by atoms with E-state index in [-0.39, 0.29) is 25.6 Å². The number of carboxylic acids is 1. The van der Waals surface area contributed by atoms with Gasteiger partial charge in [0.2, 0.25) is 0 Å². The molecule has 8 heteroatoms. The van der Waals surface area contributed by atoms with Crippen LogP contribution >= 0.6 is 0 Å². The van der Waals surface area contributed by atoms with E-state index in [1.54, 1.807) is 24.4 Å². The van der Waals surface area contributed by atoms with Gasteiger partial charge in [-0.1, -0.05) is 6.07 Å². The molecule has 0 unspecified atom stereocenters. The van der Waals surface area contributed by atoms with Gasteiger partial charge in [0.05, 0.1) is 18.7 Å². The van der Waals surface area contributed by atoms with Crippen molar-refractivity contribution in [2.45, 2.75) is 6.42 Å². The molecule has 1 aliphatic heterocycles. The molecule has 0 radical (unpaired) electrons. The van der Waals surface area contributed by atoms with Gasteiger partial charge in [-0.05, 0) is 30.7 Å². The summed E-state index contributed by atoms with van der Waals surface area (Å²) in [4.78, 5) is 28.8. The largest absolute Gasteiger partial charge is 0.493 e. The Balaban J connectivity index is 1.52. The van der Waals surface area contributed by atoms with Crippen molar-refractivity contribution in [3.63, 3.8) is 0 Å². The molecule has 27 heavy (non-hydrogen) atoms. The Labute approximate surface area is 156 Å². The van der Waals surface area contributed by atoms with Crippen molar-refractivity contribution >= 4 is 17.7 Å². The van der Waals surface area contributed by atoms with Crippen molar-refractivity contribution in [1.29, 1.82) is 0 Å². The molecule has 0 fully saturated rings. The average molecular weight is 371 g/mol. The maximum Gasteiger partial charge on any atom is 0.323 e. The first-order valence-corrected chi connectivity index (χ1v) is 8.69. The summed E-state index contributed by atoms with van der Waals surface area (Å²) in [5.74, 6) is 0.436. The Kier molecular flexibility index (Phi) is 6.09. The number of carboxylic acid groups (broad SMARTS) is 1. The van der Waals surface area contributed by atoms with Crippen LogP contribution in [0.3, 0.4) is 0 Å². The summed E-state index contributed by atoms with van der Waals surface area (Å²) in [6.45, 7) is 1.35. The Morgan fingerprint density at radius 1 is 1.33 bits per heavy atom. The van der Waals surface area contributed by atoms with E-state index in [9.17, 15) is 9.59 Å². The quantitative estimate of drug-likeness (QED) is 0.683. The van der Waals surface area contributed by atoms with Gasteiger partial charge in [0.15, 0.2) is 0 Å².